The number of esters is 1. The van der Waals surface area contributed by atoms with E-state index in [0.29, 0.717) is 9.90 Å². The molecule has 3 rings (SSSR count). The Morgan fingerprint density at radius 3 is 2.55 bits per heavy atom. The van der Waals surface area contributed by atoms with Gasteiger partial charge in [0.1, 0.15) is 0 Å². The number of methoxy groups -OCH3 is 1. The number of ether oxygens (including phenoxy) is 1. The molecule has 0 spiro atoms. The summed E-state index contributed by atoms with van der Waals surface area (Å²) in [4.78, 5) is 30.4. The number of carbonyl (C=O) groups is 2. The molecule has 2 aromatic heterocycles. The molecule has 0 saturated heterocycles. The normalized spacial score (nSPS) is 11.1. The molecule has 3 aromatic rings. The number of hydrogen-bond donors (Lipinski definition) is 0. The largest absolute Gasteiger partial charge is 0.465 e. The number of thiophene rings is 1. The molecule has 1 aromatic carbocycles. The molecule has 2 heterocycles. The highest BCUT2D eigenvalue weighted by Crippen LogP contribution is 2.39. The predicted molar refractivity (Wildman–Crippen MR) is 120 cm³/mol. The van der Waals surface area contributed by atoms with Gasteiger partial charge in [-0.25, -0.2) is 18.6 Å². The van der Waals surface area contributed by atoms with Crippen molar-refractivity contribution in [2.24, 2.45) is 0 Å². The molecule has 12 heteroatoms. The van der Waals surface area contributed by atoms with Gasteiger partial charge in [-0.1, -0.05) is 40.9 Å². The summed E-state index contributed by atoms with van der Waals surface area (Å²) < 4.78 is 31.7. The molecule has 0 aliphatic carbocycles. The number of hydrogen-bond acceptors (Lipinski definition) is 6. The Balaban J connectivity index is 1.98. The van der Waals surface area contributed by atoms with E-state index in [1.165, 1.54) is 16.8 Å². The number of thiazole rings is 1. The first-order valence-corrected chi connectivity index (χ1v) is 11.4. The SMILES string of the molecule is COC(=O)c1scnc1N(CC(F)F)C(=O)Cc1c(Cl)ccc(-c2ccc(Cl)s2)c1Cl. The lowest BCUT2D eigenvalue weighted by molar-refractivity contribution is -0.118. The Labute approximate surface area is 199 Å². The summed E-state index contributed by atoms with van der Waals surface area (Å²) >= 11 is 20.9. The van der Waals surface area contributed by atoms with Crippen LogP contribution < -0.4 is 4.90 Å². The van der Waals surface area contributed by atoms with Gasteiger partial charge in [0.2, 0.25) is 5.91 Å². The molecular formula is C19H13Cl3F2N2O3S2. The number of amides is 1. The summed E-state index contributed by atoms with van der Waals surface area (Å²) in [6.07, 6.45) is -3.24. The van der Waals surface area contributed by atoms with Gasteiger partial charge in [-0.05, 0) is 23.8 Å². The highest BCUT2D eigenvalue weighted by Gasteiger charge is 2.29. The maximum Gasteiger partial charge on any atom is 0.351 e. The van der Waals surface area contributed by atoms with Gasteiger partial charge in [0.15, 0.2) is 10.7 Å². The van der Waals surface area contributed by atoms with Crippen molar-refractivity contribution in [3.63, 3.8) is 0 Å². The second-order valence-corrected chi connectivity index (χ2v) is 9.42. The predicted octanol–water partition coefficient (Wildman–Crippen LogP) is 6.46. The average molecular weight is 526 g/mol. The van der Waals surface area contributed by atoms with Crippen LogP contribution in [0.4, 0.5) is 14.6 Å². The van der Waals surface area contributed by atoms with Crippen molar-refractivity contribution in [1.82, 2.24) is 4.98 Å². The summed E-state index contributed by atoms with van der Waals surface area (Å²) in [5.74, 6) is -1.73. The van der Waals surface area contributed by atoms with E-state index in [2.05, 4.69) is 9.72 Å². The van der Waals surface area contributed by atoms with Crippen molar-refractivity contribution in [3.8, 4) is 10.4 Å². The Hall–Kier alpha value is -1.78. The van der Waals surface area contributed by atoms with Crippen molar-refractivity contribution in [3.05, 3.63) is 54.6 Å². The van der Waals surface area contributed by atoms with Crippen LogP contribution in [0.15, 0.2) is 29.8 Å². The second kappa shape index (κ2) is 10.2. The smallest absolute Gasteiger partial charge is 0.351 e. The minimum Gasteiger partial charge on any atom is -0.465 e. The zero-order chi connectivity index (χ0) is 22.7. The second-order valence-electron chi connectivity index (χ2n) is 6.06. The molecule has 0 fully saturated rings. The molecule has 164 valence electrons. The lowest BCUT2D eigenvalue weighted by Crippen LogP contribution is -2.37. The maximum absolute atomic E-state index is 13.2. The van der Waals surface area contributed by atoms with Gasteiger partial charge in [0, 0.05) is 15.5 Å². The number of carbonyl (C=O) groups excluding carboxylic acids is 2. The van der Waals surface area contributed by atoms with Crippen LogP contribution >= 0.6 is 57.5 Å². The van der Waals surface area contributed by atoms with E-state index in [1.54, 1.807) is 24.3 Å². The molecule has 5 nitrogen and oxygen atoms in total. The molecule has 1 amide bonds. The minimum atomic E-state index is -2.86. The van der Waals surface area contributed by atoms with Crippen LogP contribution in [0.3, 0.4) is 0 Å². The van der Waals surface area contributed by atoms with E-state index in [1.807, 2.05) is 0 Å². The Bertz CT molecular complexity index is 1120. The third kappa shape index (κ3) is 5.35. The van der Waals surface area contributed by atoms with E-state index in [-0.39, 0.29) is 32.7 Å². The molecule has 31 heavy (non-hydrogen) atoms. The van der Waals surface area contributed by atoms with Crippen LogP contribution in [-0.2, 0) is 16.0 Å². The first-order valence-electron chi connectivity index (χ1n) is 8.55. The van der Waals surface area contributed by atoms with Crippen LogP contribution in [0.25, 0.3) is 10.4 Å². The fourth-order valence-corrected chi connectivity index (χ4v) is 5.21. The fourth-order valence-electron chi connectivity index (χ4n) is 2.76. The Morgan fingerprint density at radius 1 is 1.19 bits per heavy atom. The molecule has 0 saturated carbocycles. The fraction of sp³-hybridized carbons (Fsp3) is 0.211. The Kier molecular flexibility index (Phi) is 7.87. The number of halogens is 5. The number of nitrogens with zero attached hydrogens (tertiary/aromatic N) is 2. The lowest BCUT2D eigenvalue weighted by Gasteiger charge is -2.22. The third-order valence-electron chi connectivity index (χ3n) is 4.15. The van der Waals surface area contributed by atoms with Crippen LogP contribution in [0.2, 0.25) is 14.4 Å². The highest BCUT2D eigenvalue weighted by molar-refractivity contribution is 7.19. The monoisotopic (exact) mass is 524 g/mol. The minimum absolute atomic E-state index is 0.0596. The quantitative estimate of drug-likeness (QED) is 0.332. The van der Waals surface area contributed by atoms with Crippen molar-refractivity contribution < 1.29 is 23.1 Å². The molecular weight excluding hydrogens is 513 g/mol. The van der Waals surface area contributed by atoms with Crippen LogP contribution in [-0.4, -0.2) is 36.9 Å². The zero-order valence-electron chi connectivity index (χ0n) is 15.7. The van der Waals surface area contributed by atoms with E-state index in [9.17, 15) is 18.4 Å². The first kappa shape index (κ1) is 23.9. The first-order chi connectivity index (χ1) is 14.7. The summed E-state index contributed by atoms with van der Waals surface area (Å²) in [7, 11) is 1.15. The zero-order valence-corrected chi connectivity index (χ0v) is 19.6. The number of alkyl halides is 2. The van der Waals surface area contributed by atoms with Crippen molar-refractivity contribution in [2.45, 2.75) is 12.8 Å². The van der Waals surface area contributed by atoms with Crippen LogP contribution in [0.5, 0.6) is 0 Å². The van der Waals surface area contributed by atoms with E-state index in [4.69, 9.17) is 34.8 Å². The topological polar surface area (TPSA) is 59.5 Å². The molecule has 0 aliphatic heterocycles. The van der Waals surface area contributed by atoms with Gasteiger partial charge in [0.25, 0.3) is 6.43 Å². The molecule has 0 aliphatic rings. The lowest BCUT2D eigenvalue weighted by atomic mass is 10.1. The van der Waals surface area contributed by atoms with Crippen molar-refractivity contribution in [2.75, 3.05) is 18.6 Å². The van der Waals surface area contributed by atoms with Crippen molar-refractivity contribution >= 4 is 75.2 Å². The molecule has 0 radical (unpaired) electrons. The molecule has 0 unspecified atom stereocenters. The van der Waals surface area contributed by atoms with Gasteiger partial charge in [-0.2, -0.15) is 0 Å². The van der Waals surface area contributed by atoms with Crippen LogP contribution in [0.1, 0.15) is 15.2 Å². The number of benzene rings is 1. The summed E-state index contributed by atoms with van der Waals surface area (Å²) in [6, 6.07) is 6.74. The van der Waals surface area contributed by atoms with E-state index in [0.717, 1.165) is 28.2 Å². The molecule has 0 N–H and O–H groups in total. The van der Waals surface area contributed by atoms with Gasteiger partial charge in [-0.15, -0.1) is 22.7 Å². The Morgan fingerprint density at radius 2 is 1.94 bits per heavy atom. The highest BCUT2D eigenvalue weighted by atomic mass is 35.5. The standard InChI is InChI=1S/C19H13Cl3F2N2O3S2/c1-29-19(28)17-18(25-8-30-17)26(7-14(23)24)15(27)6-10-11(20)3-2-9(16(10)22)12-4-5-13(21)31-12/h2-5,8,14H,6-7H2,1H3. The van der Waals surface area contributed by atoms with E-state index < -0.39 is 24.8 Å². The third-order valence-corrected chi connectivity index (χ3v) is 7.00. The van der Waals surface area contributed by atoms with Crippen LogP contribution in [0, 0.1) is 0 Å². The number of rotatable bonds is 7. The summed E-state index contributed by atoms with van der Waals surface area (Å²) in [6.45, 7) is -0.956. The maximum atomic E-state index is 13.2. The molecule has 0 bridgehead atoms. The van der Waals surface area contributed by atoms with Crippen molar-refractivity contribution in [1.29, 1.82) is 0 Å². The van der Waals surface area contributed by atoms with Gasteiger partial charge in [-0.3, -0.25) is 9.69 Å². The van der Waals surface area contributed by atoms with Gasteiger partial charge >= 0.3 is 5.97 Å². The molecule has 0 atom stereocenters. The van der Waals surface area contributed by atoms with E-state index >= 15 is 0 Å². The van der Waals surface area contributed by atoms with Gasteiger partial charge in [0.05, 0.1) is 34.9 Å². The summed E-state index contributed by atoms with van der Waals surface area (Å²) in [5, 5.41) is 0.413. The van der Waals surface area contributed by atoms with Gasteiger partial charge < -0.3 is 4.74 Å². The number of anilines is 1. The number of aromatic nitrogens is 1. The average Bonchev–Trinajstić information content (AvgIpc) is 3.37. The summed E-state index contributed by atoms with van der Waals surface area (Å²) in [5.41, 5.74) is 2.15.